The number of benzene rings is 1. The molecule has 2 aliphatic heterocycles. The number of anilines is 2. The number of thiophene rings is 1. The molecular weight excluding hydrogens is 467 g/mol. The van der Waals surface area contributed by atoms with Gasteiger partial charge in [-0.25, -0.2) is 18.4 Å². The third kappa shape index (κ3) is 4.06. The first-order valence-corrected chi connectivity index (χ1v) is 12.9. The molecular formula is C22H21FN4O4S2. The van der Waals surface area contributed by atoms with E-state index in [9.17, 15) is 17.6 Å². The lowest BCUT2D eigenvalue weighted by atomic mass is 10.1. The van der Waals surface area contributed by atoms with Crippen molar-refractivity contribution in [3.63, 3.8) is 0 Å². The molecule has 0 unspecified atom stereocenters. The lowest BCUT2D eigenvalue weighted by Crippen LogP contribution is -2.27. The number of sulfone groups is 1. The van der Waals surface area contributed by atoms with Crippen LogP contribution in [0.2, 0.25) is 0 Å². The minimum Gasteiger partial charge on any atom is -0.483 e. The van der Waals surface area contributed by atoms with E-state index < -0.39 is 9.84 Å². The molecule has 0 aliphatic carbocycles. The van der Waals surface area contributed by atoms with E-state index in [1.807, 2.05) is 23.1 Å². The highest BCUT2D eigenvalue weighted by Gasteiger charge is 2.35. The average molecular weight is 489 g/mol. The maximum atomic E-state index is 13.6. The van der Waals surface area contributed by atoms with E-state index in [2.05, 4.69) is 4.98 Å². The smallest absolute Gasteiger partial charge is 0.259 e. The molecule has 11 heteroatoms. The number of hydrogen-bond donors (Lipinski definition) is 0. The zero-order chi connectivity index (χ0) is 23.3. The van der Waals surface area contributed by atoms with E-state index in [0.717, 1.165) is 22.6 Å². The van der Waals surface area contributed by atoms with Crippen molar-refractivity contribution in [2.45, 2.75) is 17.9 Å². The van der Waals surface area contributed by atoms with Crippen molar-refractivity contribution in [2.24, 2.45) is 0 Å². The van der Waals surface area contributed by atoms with Crippen LogP contribution >= 0.6 is 11.3 Å². The Labute approximate surface area is 194 Å². The molecule has 172 valence electrons. The number of ether oxygens (including phenoxy) is 1. The molecule has 1 amide bonds. The number of fused-ring (bicyclic) bond motifs is 2. The molecule has 0 saturated heterocycles. The van der Waals surface area contributed by atoms with Crippen molar-refractivity contribution in [1.29, 1.82) is 0 Å². The Balaban J connectivity index is 1.56. The zero-order valence-electron chi connectivity index (χ0n) is 18.0. The molecule has 8 nitrogen and oxygen atoms in total. The summed E-state index contributed by atoms with van der Waals surface area (Å²) >= 11 is 0.922. The van der Waals surface area contributed by atoms with Crippen LogP contribution in [0.3, 0.4) is 0 Å². The van der Waals surface area contributed by atoms with Gasteiger partial charge in [0.25, 0.3) is 5.91 Å². The van der Waals surface area contributed by atoms with Crippen molar-refractivity contribution >= 4 is 38.6 Å². The van der Waals surface area contributed by atoms with Crippen molar-refractivity contribution in [1.82, 2.24) is 14.9 Å². The Morgan fingerprint density at radius 2 is 2.00 bits per heavy atom. The van der Waals surface area contributed by atoms with Crippen molar-refractivity contribution in [2.75, 3.05) is 32.1 Å². The minimum atomic E-state index is -3.33. The number of nitrogens with zero attached hydrogens (tertiary/aromatic N) is 4. The number of carbonyl (C=O) groups excluding carboxylic acids is 1. The van der Waals surface area contributed by atoms with Crippen LogP contribution in [0.1, 0.15) is 16.8 Å². The van der Waals surface area contributed by atoms with Gasteiger partial charge in [0.15, 0.2) is 27.4 Å². The summed E-state index contributed by atoms with van der Waals surface area (Å²) in [6.45, 7) is 0.498. The molecule has 2 aromatic heterocycles. The van der Waals surface area contributed by atoms with Gasteiger partial charge < -0.3 is 14.5 Å². The van der Waals surface area contributed by atoms with Gasteiger partial charge in [-0.05, 0) is 30.7 Å². The minimum absolute atomic E-state index is 0.0707. The third-order valence-electron chi connectivity index (χ3n) is 5.68. The van der Waals surface area contributed by atoms with Gasteiger partial charge in [0, 0.05) is 37.5 Å². The van der Waals surface area contributed by atoms with Crippen LogP contribution in [-0.4, -0.2) is 56.4 Å². The number of rotatable bonds is 5. The highest BCUT2D eigenvalue weighted by atomic mass is 32.2. The molecule has 3 aromatic rings. The first-order chi connectivity index (χ1) is 15.7. The molecule has 0 atom stereocenters. The number of amides is 1. The summed E-state index contributed by atoms with van der Waals surface area (Å²) in [5.74, 6) is 1.02. The Hall–Kier alpha value is -3.05. The first-order valence-electron chi connectivity index (χ1n) is 10.3. The second-order valence-electron chi connectivity index (χ2n) is 8.16. The van der Waals surface area contributed by atoms with Gasteiger partial charge in [0.05, 0.1) is 22.1 Å². The quantitative estimate of drug-likeness (QED) is 0.545. The topological polar surface area (TPSA) is 92.7 Å². The molecule has 33 heavy (non-hydrogen) atoms. The third-order valence-corrected chi connectivity index (χ3v) is 7.99. The van der Waals surface area contributed by atoms with Gasteiger partial charge in [0.2, 0.25) is 0 Å². The van der Waals surface area contributed by atoms with Gasteiger partial charge in [0.1, 0.15) is 11.6 Å². The monoisotopic (exact) mass is 488 g/mol. The van der Waals surface area contributed by atoms with Crippen molar-refractivity contribution in [3.05, 3.63) is 52.3 Å². The summed E-state index contributed by atoms with van der Waals surface area (Å²) in [4.78, 5) is 25.1. The van der Waals surface area contributed by atoms with Crippen molar-refractivity contribution in [3.8, 4) is 16.5 Å². The van der Waals surface area contributed by atoms with Gasteiger partial charge >= 0.3 is 0 Å². The predicted octanol–water partition coefficient (Wildman–Crippen LogP) is 2.93. The molecule has 0 N–H and O–H groups in total. The van der Waals surface area contributed by atoms with E-state index >= 15 is 0 Å². The Kier molecular flexibility index (Phi) is 5.32. The van der Waals surface area contributed by atoms with E-state index in [4.69, 9.17) is 9.72 Å². The summed E-state index contributed by atoms with van der Waals surface area (Å²) in [7, 11) is 0.0108. The lowest BCUT2D eigenvalue weighted by Gasteiger charge is -2.22. The molecule has 5 rings (SSSR count). The molecule has 4 heterocycles. The molecule has 0 spiro atoms. The first kappa shape index (κ1) is 21.8. The summed E-state index contributed by atoms with van der Waals surface area (Å²) < 4.78 is 44.3. The van der Waals surface area contributed by atoms with Crippen LogP contribution in [0.5, 0.6) is 5.75 Å². The van der Waals surface area contributed by atoms with Crippen LogP contribution in [-0.2, 0) is 32.6 Å². The summed E-state index contributed by atoms with van der Waals surface area (Å²) in [5.41, 5.74) is 2.82. The fourth-order valence-corrected chi connectivity index (χ4v) is 6.22. The molecule has 0 saturated carbocycles. The summed E-state index contributed by atoms with van der Waals surface area (Å²) in [6, 6.07) is 8.52. The normalized spacial score (nSPS) is 15.9. The molecule has 1 aromatic carbocycles. The molecule has 0 bridgehead atoms. The van der Waals surface area contributed by atoms with E-state index in [1.165, 1.54) is 11.0 Å². The Morgan fingerprint density at radius 1 is 1.18 bits per heavy atom. The SMILES string of the molecule is CN(C)C(=O)COc1cccc2c1CCN2c1nc(-c2ccc(F)s2)nc2c1CS(=O)(=O)C2. The maximum Gasteiger partial charge on any atom is 0.259 e. The van der Waals surface area contributed by atoms with Gasteiger partial charge in [-0.15, -0.1) is 11.3 Å². The second-order valence-corrected chi connectivity index (χ2v) is 11.3. The largest absolute Gasteiger partial charge is 0.483 e. The number of carbonyl (C=O) groups is 1. The van der Waals surface area contributed by atoms with Crippen LogP contribution in [0.15, 0.2) is 30.3 Å². The van der Waals surface area contributed by atoms with Crippen LogP contribution < -0.4 is 9.64 Å². The molecule has 0 radical (unpaired) electrons. The number of likely N-dealkylation sites (N-methyl/N-ethyl adjacent to an activating group) is 1. The average Bonchev–Trinajstić information content (AvgIpc) is 3.46. The Bertz CT molecular complexity index is 1370. The van der Waals surface area contributed by atoms with E-state index in [-0.39, 0.29) is 29.2 Å². The number of halogens is 1. The molecule has 2 aliphatic rings. The predicted molar refractivity (Wildman–Crippen MR) is 123 cm³/mol. The Morgan fingerprint density at radius 3 is 2.73 bits per heavy atom. The van der Waals surface area contributed by atoms with Crippen molar-refractivity contribution < 1.29 is 22.3 Å². The summed E-state index contributed by atoms with van der Waals surface area (Å²) in [5, 5.41) is -0.358. The van der Waals surface area contributed by atoms with E-state index in [0.29, 0.717) is 46.5 Å². The maximum absolute atomic E-state index is 13.6. The zero-order valence-corrected chi connectivity index (χ0v) is 19.7. The fourth-order valence-electron chi connectivity index (χ4n) is 4.06. The van der Waals surface area contributed by atoms with Gasteiger partial charge in [-0.1, -0.05) is 6.07 Å². The highest BCUT2D eigenvalue weighted by molar-refractivity contribution is 7.90. The van der Waals surface area contributed by atoms with Gasteiger partial charge in [-0.2, -0.15) is 4.39 Å². The van der Waals surface area contributed by atoms with Gasteiger partial charge in [-0.3, -0.25) is 4.79 Å². The number of hydrogen-bond acceptors (Lipinski definition) is 8. The van der Waals surface area contributed by atoms with E-state index in [1.54, 1.807) is 20.2 Å². The standard InChI is InChI=1S/C22H21FN4O4S2/c1-26(2)20(28)10-31-17-5-3-4-16-13(17)8-9-27(16)22-14-11-33(29,30)12-15(14)24-21(25-22)18-6-7-19(23)32-18/h3-7H,8-12H2,1-2H3. The van der Waals surface area contributed by atoms with Crippen LogP contribution in [0, 0.1) is 5.13 Å². The van der Waals surface area contributed by atoms with Crippen LogP contribution in [0.25, 0.3) is 10.7 Å². The second kappa shape index (κ2) is 8.07. The number of aromatic nitrogens is 2. The lowest BCUT2D eigenvalue weighted by molar-refractivity contribution is -0.130. The highest BCUT2D eigenvalue weighted by Crippen LogP contribution is 2.43. The molecule has 0 fully saturated rings. The van der Waals surface area contributed by atoms with Crippen LogP contribution in [0.4, 0.5) is 15.9 Å². The summed E-state index contributed by atoms with van der Waals surface area (Å²) in [6.07, 6.45) is 0.649. The fraction of sp³-hybridized carbons (Fsp3) is 0.318.